The molecular weight excluding hydrogens is 314 g/mol. The van der Waals surface area contributed by atoms with Crippen LogP contribution in [0.4, 0.5) is 4.79 Å². The van der Waals surface area contributed by atoms with E-state index in [1.54, 1.807) is 13.3 Å². The summed E-state index contributed by atoms with van der Waals surface area (Å²) >= 11 is 0. The van der Waals surface area contributed by atoms with E-state index in [2.05, 4.69) is 39.9 Å². The number of hydrogen-bond donors (Lipinski definition) is 2. The summed E-state index contributed by atoms with van der Waals surface area (Å²) < 4.78 is 5.19. The summed E-state index contributed by atoms with van der Waals surface area (Å²) in [5, 5.41) is 8.15. The molecule has 5 heteroatoms. The average molecular weight is 335 g/mol. The molecule has 2 N–H and O–H groups in total. The van der Waals surface area contributed by atoms with Gasteiger partial charge in [0, 0.05) is 18.3 Å². The maximum Gasteiger partial charge on any atom is 0.315 e. The average Bonchev–Trinajstić information content (AvgIpc) is 2.66. The monoisotopic (exact) mass is 335 g/mol. The first kappa shape index (κ1) is 16.8. The van der Waals surface area contributed by atoms with Gasteiger partial charge >= 0.3 is 6.03 Å². The van der Waals surface area contributed by atoms with E-state index in [0.717, 1.165) is 16.5 Å². The van der Waals surface area contributed by atoms with Crippen LogP contribution >= 0.6 is 0 Å². The molecule has 3 aromatic rings. The summed E-state index contributed by atoms with van der Waals surface area (Å²) in [5.41, 5.74) is 1.89. The molecular formula is C20H21N3O2. The number of benzene rings is 2. The third-order valence-corrected chi connectivity index (χ3v) is 4.10. The highest BCUT2D eigenvalue weighted by atomic mass is 16.5. The molecule has 1 aromatic heterocycles. The molecule has 2 amide bonds. The number of ether oxygens (including phenoxy) is 1. The number of amides is 2. The zero-order chi connectivity index (χ0) is 17.6. The van der Waals surface area contributed by atoms with Crippen LogP contribution in [0.3, 0.4) is 0 Å². The molecule has 0 aliphatic carbocycles. The van der Waals surface area contributed by atoms with Gasteiger partial charge in [0.1, 0.15) is 0 Å². The molecule has 3 rings (SSSR count). The lowest BCUT2D eigenvalue weighted by atomic mass is 10.0. The zero-order valence-corrected chi connectivity index (χ0v) is 14.3. The van der Waals surface area contributed by atoms with Crippen molar-refractivity contribution >= 4 is 16.8 Å². The molecule has 0 aliphatic rings. The minimum Gasteiger partial charge on any atom is -0.481 e. The van der Waals surface area contributed by atoms with E-state index in [9.17, 15) is 4.79 Å². The maximum atomic E-state index is 12.2. The fraction of sp³-hybridized carbons (Fsp3) is 0.200. The highest BCUT2D eigenvalue weighted by Crippen LogP contribution is 2.20. The number of carbonyl (C=O) groups excluding carboxylic acids is 1. The number of methoxy groups -OCH3 is 1. The van der Waals surface area contributed by atoms with E-state index in [1.165, 1.54) is 5.39 Å². The van der Waals surface area contributed by atoms with E-state index in [1.807, 2.05) is 37.3 Å². The van der Waals surface area contributed by atoms with E-state index in [0.29, 0.717) is 12.4 Å². The molecule has 128 valence electrons. The highest BCUT2D eigenvalue weighted by molar-refractivity contribution is 5.83. The van der Waals surface area contributed by atoms with Crippen molar-refractivity contribution in [1.82, 2.24) is 15.6 Å². The van der Waals surface area contributed by atoms with Crippen molar-refractivity contribution in [3.05, 3.63) is 71.9 Å². The van der Waals surface area contributed by atoms with Crippen molar-refractivity contribution < 1.29 is 9.53 Å². The van der Waals surface area contributed by atoms with Crippen LogP contribution in [-0.2, 0) is 6.54 Å². The number of pyridine rings is 1. The molecule has 25 heavy (non-hydrogen) atoms. The number of carbonyl (C=O) groups is 1. The van der Waals surface area contributed by atoms with Gasteiger partial charge < -0.3 is 15.4 Å². The smallest absolute Gasteiger partial charge is 0.315 e. The van der Waals surface area contributed by atoms with Crippen molar-refractivity contribution in [3.63, 3.8) is 0 Å². The number of nitrogens with zero attached hydrogens (tertiary/aromatic N) is 1. The number of nitrogens with one attached hydrogen (secondary N) is 2. The van der Waals surface area contributed by atoms with Crippen molar-refractivity contribution in [1.29, 1.82) is 0 Å². The summed E-state index contributed by atoms with van der Waals surface area (Å²) in [6.45, 7) is 2.32. The van der Waals surface area contributed by atoms with Crippen LogP contribution in [0.2, 0.25) is 0 Å². The first-order valence-electron chi connectivity index (χ1n) is 8.18. The van der Waals surface area contributed by atoms with E-state index >= 15 is 0 Å². The van der Waals surface area contributed by atoms with Gasteiger partial charge in [0.2, 0.25) is 5.88 Å². The predicted octanol–water partition coefficient (Wildman–Crippen LogP) is 3.80. The topological polar surface area (TPSA) is 63.2 Å². The third kappa shape index (κ3) is 4.07. The first-order valence-corrected chi connectivity index (χ1v) is 8.18. The zero-order valence-electron chi connectivity index (χ0n) is 14.3. The van der Waals surface area contributed by atoms with E-state index in [4.69, 9.17) is 4.74 Å². The number of rotatable bonds is 5. The van der Waals surface area contributed by atoms with E-state index < -0.39 is 0 Å². The highest BCUT2D eigenvalue weighted by Gasteiger charge is 2.11. The lowest BCUT2D eigenvalue weighted by molar-refractivity contribution is 0.237. The van der Waals surface area contributed by atoms with Crippen LogP contribution in [-0.4, -0.2) is 18.1 Å². The Kier molecular flexibility index (Phi) is 5.14. The Morgan fingerprint density at radius 1 is 1.12 bits per heavy atom. The lowest BCUT2D eigenvalue weighted by Crippen LogP contribution is -2.36. The van der Waals surface area contributed by atoms with Gasteiger partial charge in [-0.3, -0.25) is 0 Å². The van der Waals surface area contributed by atoms with Gasteiger partial charge in [-0.05, 0) is 35.4 Å². The van der Waals surface area contributed by atoms with Gasteiger partial charge in [-0.15, -0.1) is 0 Å². The van der Waals surface area contributed by atoms with Gasteiger partial charge in [-0.2, -0.15) is 0 Å². The number of urea groups is 1. The Labute approximate surface area is 147 Å². The Morgan fingerprint density at radius 2 is 1.92 bits per heavy atom. The van der Waals surface area contributed by atoms with Crippen LogP contribution < -0.4 is 15.4 Å². The standard InChI is InChI=1S/C20H21N3O2/c1-14(16-10-9-15-6-3-4-7-17(15)12-16)23-20(24)22-13-18-8-5-11-21-19(18)25-2/h3-12,14H,13H2,1-2H3,(H2,22,23,24)/t14-/m1/s1. The molecule has 0 bridgehead atoms. The SMILES string of the molecule is COc1ncccc1CNC(=O)N[C@H](C)c1ccc2ccccc2c1. The molecule has 0 spiro atoms. The number of aromatic nitrogens is 1. The van der Waals surface area contributed by atoms with E-state index in [-0.39, 0.29) is 12.1 Å². The summed E-state index contributed by atoms with van der Waals surface area (Å²) in [6.07, 6.45) is 1.66. The Hall–Kier alpha value is -3.08. The summed E-state index contributed by atoms with van der Waals surface area (Å²) in [5.74, 6) is 0.519. The van der Waals surface area contributed by atoms with Crippen LogP contribution in [0, 0.1) is 0 Å². The van der Waals surface area contributed by atoms with Crippen molar-refractivity contribution in [2.75, 3.05) is 7.11 Å². The number of fused-ring (bicyclic) bond motifs is 1. The van der Waals surface area contributed by atoms with Gasteiger partial charge in [0.25, 0.3) is 0 Å². The number of hydrogen-bond acceptors (Lipinski definition) is 3. The molecule has 0 unspecified atom stereocenters. The Balaban J connectivity index is 1.61. The van der Waals surface area contributed by atoms with Crippen molar-refractivity contribution in [3.8, 4) is 5.88 Å². The molecule has 0 saturated carbocycles. The molecule has 1 atom stereocenters. The molecule has 2 aromatic carbocycles. The normalized spacial score (nSPS) is 11.8. The summed E-state index contributed by atoms with van der Waals surface area (Å²) in [4.78, 5) is 16.3. The largest absolute Gasteiger partial charge is 0.481 e. The lowest BCUT2D eigenvalue weighted by Gasteiger charge is -2.16. The van der Waals surface area contributed by atoms with Crippen LogP contribution in [0.25, 0.3) is 10.8 Å². The van der Waals surface area contributed by atoms with Gasteiger partial charge in [-0.1, -0.05) is 42.5 Å². The van der Waals surface area contributed by atoms with Crippen LogP contribution in [0.1, 0.15) is 24.1 Å². The molecule has 0 radical (unpaired) electrons. The summed E-state index contributed by atoms with van der Waals surface area (Å²) in [7, 11) is 1.56. The molecule has 0 aliphatic heterocycles. The molecule has 1 heterocycles. The second kappa shape index (κ2) is 7.66. The van der Waals surface area contributed by atoms with Crippen molar-refractivity contribution in [2.45, 2.75) is 19.5 Å². The van der Waals surface area contributed by atoms with Gasteiger partial charge in [-0.25, -0.2) is 9.78 Å². The quantitative estimate of drug-likeness (QED) is 0.745. The van der Waals surface area contributed by atoms with Crippen LogP contribution in [0.15, 0.2) is 60.8 Å². The maximum absolute atomic E-state index is 12.2. The fourth-order valence-corrected chi connectivity index (χ4v) is 2.73. The second-order valence-electron chi connectivity index (χ2n) is 5.83. The minimum atomic E-state index is -0.230. The molecule has 5 nitrogen and oxygen atoms in total. The molecule has 0 saturated heterocycles. The Bertz CT molecular complexity index is 879. The minimum absolute atomic E-state index is 0.0969. The summed E-state index contributed by atoms with van der Waals surface area (Å²) in [6, 6.07) is 17.7. The van der Waals surface area contributed by atoms with Crippen LogP contribution in [0.5, 0.6) is 5.88 Å². The van der Waals surface area contributed by atoms with Crippen molar-refractivity contribution in [2.24, 2.45) is 0 Å². The van der Waals surface area contributed by atoms with Gasteiger partial charge in [0.05, 0.1) is 13.2 Å². The molecule has 0 fully saturated rings. The van der Waals surface area contributed by atoms with Gasteiger partial charge in [0.15, 0.2) is 0 Å². The predicted molar refractivity (Wildman–Crippen MR) is 98.5 cm³/mol. The second-order valence-corrected chi connectivity index (χ2v) is 5.83. The Morgan fingerprint density at radius 3 is 2.72 bits per heavy atom. The fourth-order valence-electron chi connectivity index (χ4n) is 2.73. The third-order valence-electron chi connectivity index (χ3n) is 4.10. The first-order chi connectivity index (χ1) is 12.2.